The standard InChI is InChI=1S/C16H22FN3/c1-12(2)9-16(20-7-5-19-6-8-20)13-3-4-15(17)14(10-13)11-18/h3-4,10,12,16,19H,5-9H2,1-2H3/t16-/m0/s1. The van der Waals surface area contributed by atoms with E-state index in [2.05, 4.69) is 24.1 Å². The topological polar surface area (TPSA) is 39.1 Å². The van der Waals surface area contributed by atoms with Crippen molar-refractivity contribution in [2.75, 3.05) is 26.2 Å². The van der Waals surface area contributed by atoms with Gasteiger partial charge in [0.05, 0.1) is 5.56 Å². The van der Waals surface area contributed by atoms with Gasteiger partial charge >= 0.3 is 0 Å². The van der Waals surface area contributed by atoms with Gasteiger partial charge in [-0.15, -0.1) is 0 Å². The van der Waals surface area contributed by atoms with E-state index in [4.69, 9.17) is 5.26 Å². The first-order valence-electron chi connectivity index (χ1n) is 7.26. The van der Waals surface area contributed by atoms with Crippen LogP contribution in [0.2, 0.25) is 0 Å². The number of benzene rings is 1. The summed E-state index contributed by atoms with van der Waals surface area (Å²) < 4.78 is 13.5. The van der Waals surface area contributed by atoms with Crippen LogP contribution < -0.4 is 5.32 Å². The second-order valence-electron chi connectivity index (χ2n) is 5.78. The lowest BCUT2D eigenvalue weighted by Gasteiger charge is -2.36. The normalized spacial score (nSPS) is 17.9. The van der Waals surface area contributed by atoms with E-state index in [9.17, 15) is 4.39 Å². The summed E-state index contributed by atoms with van der Waals surface area (Å²) in [6, 6.07) is 7.17. The molecule has 108 valence electrons. The lowest BCUT2D eigenvalue weighted by molar-refractivity contribution is 0.154. The van der Waals surface area contributed by atoms with Crippen molar-refractivity contribution in [3.05, 3.63) is 35.1 Å². The highest BCUT2D eigenvalue weighted by molar-refractivity contribution is 5.35. The van der Waals surface area contributed by atoms with Gasteiger partial charge in [0, 0.05) is 32.2 Å². The number of piperazine rings is 1. The van der Waals surface area contributed by atoms with Crippen LogP contribution in [0.1, 0.15) is 37.4 Å². The maximum atomic E-state index is 13.5. The summed E-state index contributed by atoms with van der Waals surface area (Å²) in [6.07, 6.45) is 1.02. The van der Waals surface area contributed by atoms with Crippen LogP contribution in [0.3, 0.4) is 0 Å². The second kappa shape index (κ2) is 6.83. The molecule has 4 heteroatoms. The molecule has 0 bridgehead atoms. The largest absolute Gasteiger partial charge is 0.314 e. The third-order valence-electron chi connectivity index (χ3n) is 3.78. The quantitative estimate of drug-likeness (QED) is 0.918. The molecule has 1 aromatic carbocycles. The fourth-order valence-electron chi connectivity index (χ4n) is 2.77. The number of hydrogen-bond donors (Lipinski definition) is 1. The summed E-state index contributed by atoms with van der Waals surface area (Å²) in [6.45, 7) is 8.36. The maximum Gasteiger partial charge on any atom is 0.140 e. The van der Waals surface area contributed by atoms with Crippen LogP contribution in [-0.4, -0.2) is 31.1 Å². The second-order valence-corrected chi connectivity index (χ2v) is 5.78. The Labute approximate surface area is 120 Å². The first-order valence-corrected chi connectivity index (χ1v) is 7.26. The van der Waals surface area contributed by atoms with Crippen LogP contribution in [0.4, 0.5) is 4.39 Å². The molecule has 1 fully saturated rings. The van der Waals surface area contributed by atoms with Crippen molar-refractivity contribution in [3.63, 3.8) is 0 Å². The van der Waals surface area contributed by atoms with E-state index in [-0.39, 0.29) is 11.6 Å². The zero-order chi connectivity index (χ0) is 14.5. The van der Waals surface area contributed by atoms with Crippen molar-refractivity contribution in [2.45, 2.75) is 26.3 Å². The molecular formula is C16H22FN3. The Bertz CT molecular complexity index is 487. The summed E-state index contributed by atoms with van der Waals surface area (Å²) in [5, 5.41) is 12.4. The lowest BCUT2D eigenvalue weighted by Crippen LogP contribution is -2.45. The molecule has 3 nitrogen and oxygen atoms in total. The Kier molecular flexibility index (Phi) is 5.11. The highest BCUT2D eigenvalue weighted by Crippen LogP contribution is 2.29. The van der Waals surface area contributed by atoms with Crippen LogP contribution in [0.15, 0.2) is 18.2 Å². The van der Waals surface area contributed by atoms with Crippen LogP contribution in [-0.2, 0) is 0 Å². The highest BCUT2D eigenvalue weighted by atomic mass is 19.1. The van der Waals surface area contributed by atoms with Crippen LogP contribution in [0.5, 0.6) is 0 Å². The molecule has 0 spiro atoms. The van der Waals surface area contributed by atoms with Crippen molar-refractivity contribution in [2.24, 2.45) is 5.92 Å². The van der Waals surface area contributed by atoms with Crippen LogP contribution in [0, 0.1) is 23.1 Å². The maximum absolute atomic E-state index is 13.5. The summed E-state index contributed by atoms with van der Waals surface area (Å²) >= 11 is 0. The number of halogens is 1. The number of hydrogen-bond acceptors (Lipinski definition) is 3. The fraction of sp³-hybridized carbons (Fsp3) is 0.562. The van der Waals surface area contributed by atoms with Crippen molar-refractivity contribution >= 4 is 0 Å². The summed E-state index contributed by atoms with van der Waals surface area (Å²) in [5.41, 5.74) is 1.20. The number of nitrogens with zero attached hydrogens (tertiary/aromatic N) is 2. The smallest absolute Gasteiger partial charge is 0.140 e. The van der Waals surface area contributed by atoms with Gasteiger partial charge in [0.1, 0.15) is 11.9 Å². The first-order chi connectivity index (χ1) is 9.61. The van der Waals surface area contributed by atoms with Gasteiger partial charge in [0.25, 0.3) is 0 Å². The molecule has 1 saturated heterocycles. The highest BCUT2D eigenvalue weighted by Gasteiger charge is 2.23. The monoisotopic (exact) mass is 275 g/mol. The van der Waals surface area contributed by atoms with Gasteiger partial charge in [-0.2, -0.15) is 5.26 Å². The number of rotatable bonds is 4. The van der Waals surface area contributed by atoms with Gasteiger partial charge in [-0.05, 0) is 30.0 Å². The van der Waals surface area contributed by atoms with E-state index >= 15 is 0 Å². The third kappa shape index (κ3) is 3.56. The molecule has 1 aromatic rings. The molecule has 0 radical (unpaired) electrons. The van der Waals surface area contributed by atoms with Gasteiger partial charge < -0.3 is 5.32 Å². The van der Waals surface area contributed by atoms with Crippen LogP contribution in [0.25, 0.3) is 0 Å². The minimum absolute atomic E-state index is 0.145. The molecule has 20 heavy (non-hydrogen) atoms. The Morgan fingerprint density at radius 1 is 1.35 bits per heavy atom. The Balaban J connectivity index is 2.27. The predicted molar refractivity (Wildman–Crippen MR) is 77.8 cm³/mol. The summed E-state index contributed by atoms with van der Waals surface area (Å²) in [4.78, 5) is 2.44. The number of nitriles is 1. The van der Waals surface area contributed by atoms with Gasteiger partial charge in [-0.1, -0.05) is 19.9 Å². The molecule has 1 heterocycles. The van der Waals surface area contributed by atoms with Crippen molar-refractivity contribution in [1.82, 2.24) is 10.2 Å². The van der Waals surface area contributed by atoms with E-state index in [1.807, 2.05) is 12.1 Å². The van der Waals surface area contributed by atoms with Crippen molar-refractivity contribution in [3.8, 4) is 6.07 Å². The van der Waals surface area contributed by atoms with E-state index in [0.717, 1.165) is 38.2 Å². The van der Waals surface area contributed by atoms with Gasteiger partial charge in [0.2, 0.25) is 0 Å². The minimum atomic E-state index is -0.431. The summed E-state index contributed by atoms with van der Waals surface area (Å²) in [5.74, 6) is 0.130. The molecule has 2 rings (SSSR count). The average molecular weight is 275 g/mol. The Hall–Kier alpha value is -1.44. The molecule has 0 amide bonds. The predicted octanol–water partition coefficient (Wildman–Crippen LogP) is 2.69. The lowest BCUT2D eigenvalue weighted by atomic mass is 9.94. The molecule has 1 atom stereocenters. The van der Waals surface area contributed by atoms with E-state index in [1.54, 1.807) is 6.07 Å². The number of nitrogens with one attached hydrogen (secondary N) is 1. The summed E-state index contributed by atoms with van der Waals surface area (Å²) in [7, 11) is 0. The fourth-order valence-corrected chi connectivity index (χ4v) is 2.77. The van der Waals surface area contributed by atoms with Crippen molar-refractivity contribution < 1.29 is 4.39 Å². The van der Waals surface area contributed by atoms with Gasteiger partial charge in [-0.25, -0.2) is 4.39 Å². The van der Waals surface area contributed by atoms with Crippen molar-refractivity contribution in [1.29, 1.82) is 5.26 Å². The third-order valence-corrected chi connectivity index (χ3v) is 3.78. The van der Waals surface area contributed by atoms with E-state index in [0.29, 0.717) is 5.92 Å². The molecule has 0 unspecified atom stereocenters. The minimum Gasteiger partial charge on any atom is -0.314 e. The molecule has 1 aliphatic rings. The zero-order valence-corrected chi connectivity index (χ0v) is 12.2. The SMILES string of the molecule is CC(C)C[C@@H](c1ccc(F)c(C#N)c1)N1CCNCC1. The Morgan fingerprint density at radius 2 is 2.05 bits per heavy atom. The Morgan fingerprint density at radius 3 is 2.65 bits per heavy atom. The molecule has 0 aliphatic carbocycles. The molecule has 0 saturated carbocycles. The molecule has 1 aliphatic heterocycles. The van der Waals surface area contributed by atoms with Gasteiger partial charge in [0.15, 0.2) is 0 Å². The first kappa shape index (κ1) is 15.0. The molecule has 0 aromatic heterocycles. The molecular weight excluding hydrogens is 253 g/mol. The van der Waals surface area contributed by atoms with Gasteiger partial charge in [-0.3, -0.25) is 4.90 Å². The zero-order valence-electron chi connectivity index (χ0n) is 12.2. The molecule has 1 N–H and O–H groups in total. The average Bonchev–Trinajstić information content (AvgIpc) is 2.46. The van der Waals surface area contributed by atoms with Crippen LogP contribution >= 0.6 is 0 Å². The van der Waals surface area contributed by atoms with E-state index in [1.165, 1.54) is 6.07 Å². The van der Waals surface area contributed by atoms with E-state index < -0.39 is 5.82 Å².